The molecule has 7 nitrogen and oxygen atoms in total. The number of benzene rings is 1. The van der Waals surface area contributed by atoms with Gasteiger partial charge >= 0.3 is 6.03 Å². The first-order chi connectivity index (χ1) is 14.6. The molecule has 0 atom stereocenters. The number of imide groups is 1. The summed E-state index contributed by atoms with van der Waals surface area (Å²) in [7, 11) is 0. The van der Waals surface area contributed by atoms with E-state index in [1.165, 1.54) is 16.0 Å². The fraction of sp³-hybridized carbons (Fsp3) is 0.609. The summed E-state index contributed by atoms with van der Waals surface area (Å²) in [6, 6.07) is 8.23. The molecule has 1 aromatic carbocycles. The zero-order valence-corrected chi connectivity index (χ0v) is 17.6. The standard InChI is InChI=1S/C23H32N4O3/c28-20(10-16-27-21(29)23(25-22(27)30)11-4-1-5-12-23)24-13-6-14-26-15-9-18-7-2-3-8-19(18)17-26/h2-3,7-8H,1,4-6,9-17H2,(H,24,28)(H,25,30). The second-order valence-electron chi connectivity index (χ2n) is 8.78. The predicted molar refractivity (Wildman–Crippen MR) is 114 cm³/mol. The highest BCUT2D eigenvalue weighted by molar-refractivity contribution is 6.07. The summed E-state index contributed by atoms with van der Waals surface area (Å²) in [6.07, 6.45) is 6.58. The van der Waals surface area contributed by atoms with Gasteiger partial charge in [0.25, 0.3) is 5.91 Å². The topological polar surface area (TPSA) is 81.8 Å². The van der Waals surface area contributed by atoms with Crippen molar-refractivity contribution in [3.63, 3.8) is 0 Å². The zero-order valence-electron chi connectivity index (χ0n) is 17.6. The molecule has 30 heavy (non-hydrogen) atoms. The van der Waals surface area contributed by atoms with Crippen LogP contribution in [0.1, 0.15) is 56.1 Å². The van der Waals surface area contributed by atoms with Crippen molar-refractivity contribution in [1.82, 2.24) is 20.4 Å². The highest BCUT2D eigenvalue weighted by Gasteiger charge is 2.51. The molecule has 0 unspecified atom stereocenters. The Morgan fingerprint density at radius 2 is 1.83 bits per heavy atom. The quantitative estimate of drug-likeness (QED) is 0.531. The summed E-state index contributed by atoms with van der Waals surface area (Å²) >= 11 is 0. The molecule has 4 rings (SSSR count). The van der Waals surface area contributed by atoms with Gasteiger partial charge in [-0.05, 0) is 36.8 Å². The second-order valence-corrected chi connectivity index (χ2v) is 8.78. The molecule has 3 aliphatic rings. The third-order valence-electron chi connectivity index (χ3n) is 6.70. The van der Waals surface area contributed by atoms with Crippen LogP contribution in [0.2, 0.25) is 0 Å². The SMILES string of the molecule is O=C(CCN1C(=O)NC2(CCCCC2)C1=O)NCCCN1CCc2ccccc2C1. The molecule has 2 heterocycles. The van der Waals surface area contributed by atoms with Crippen LogP contribution in [0.25, 0.3) is 0 Å². The van der Waals surface area contributed by atoms with Gasteiger partial charge in [0.05, 0.1) is 0 Å². The average Bonchev–Trinajstić information content (AvgIpc) is 2.99. The van der Waals surface area contributed by atoms with Crippen LogP contribution in [-0.4, -0.2) is 59.4 Å². The molecule has 2 N–H and O–H groups in total. The molecule has 1 aliphatic carbocycles. The van der Waals surface area contributed by atoms with E-state index < -0.39 is 5.54 Å². The van der Waals surface area contributed by atoms with Gasteiger partial charge < -0.3 is 10.6 Å². The number of hydrogen-bond acceptors (Lipinski definition) is 4. The Labute approximate surface area is 178 Å². The summed E-state index contributed by atoms with van der Waals surface area (Å²) in [6.45, 7) is 3.74. The maximum Gasteiger partial charge on any atom is 0.325 e. The van der Waals surface area contributed by atoms with Gasteiger partial charge in [-0.3, -0.25) is 19.4 Å². The minimum atomic E-state index is -0.709. The number of nitrogens with zero attached hydrogens (tertiary/aromatic N) is 2. The van der Waals surface area contributed by atoms with Crippen LogP contribution in [0.15, 0.2) is 24.3 Å². The number of nitrogens with one attached hydrogen (secondary N) is 2. The molecular weight excluding hydrogens is 380 g/mol. The van der Waals surface area contributed by atoms with E-state index in [2.05, 4.69) is 39.8 Å². The molecule has 162 valence electrons. The largest absolute Gasteiger partial charge is 0.356 e. The lowest BCUT2D eigenvalue weighted by Crippen LogP contribution is -2.48. The summed E-state index contributed by atoms with van der Waals surface area (Å²) < 4.78 is 0. The summed E-state index contributed by atoms with van der Waals surface area (Å²) in [4.78, 5) is 40.8. The zero-order chi connectivity index (χ0) is 21.0. The second kappa shape index (κ2) is 9.16. The van der Waals surface area contributed by atoms with E-state index >= 15 is 0 Å². The molecule has 0 radical (unpaired) electrons. The third-order valence-corrected chi connectivity index (χ3v) is 6.70. The molecule has 0 aromatic heterocycles. The van der Waals surface area contributed by atoms with Crippen molar-refractivity contribution in [1.29, 1.82) is 0 Å². The number of urea groups is 1. The van der Waals surface area contributed by atoms with E-state index in [-0.39, 0.29) is 30.8 Å². The number of carbonyl (C=O) groups is 3. The van der Waals surface area contributed by atoms with E-state index in [0.29, 0.717) is 19.4 Å². The normalized spacial score (nSPS) is 20.9. The molecule has 0 bridgehead atoms. The summed E-state index contributed by atoms with van der Waals surface area (Å²) in [5, 5.41) is 5.82. The van der Waals surface area contributed by atoms with Gasteiger partial charge in [-0.25, -0.2) is 4.79 Å². The molecule has 4 amide bonds. The van der Waals surface area contributed by atoms with E-state index in [1.54, 1.807) is 0 Å². The molecule has 1 aromatic rings. The van der Waals surface area contributed by atoms with Crippen molar-refractivity contribution in [2.45, 2.75) is 63.5 Å². The first-order valence-electron chi connectivity index (χ1n) is 11.3. The average molecular weight is 413 g/mol. The monoisotopic (exact) mass is 412 g/mol. The van der Waals surface area contributed by atoms with Gasteiger partial charge in [-0.1, -0.05) is 43.5 Å². The smallest absolute Gasteiger partial charge is 0.325 e. The Morgan fingerprint density at radius 3 is 2.63 bits per heavy atom. The summed E-state index contributed by atoms with van der Waals surface area (Å²) in [5.74, 6) is -0.255. The third kappa shape index (κ3) is 4.51. The fourth-order valence-electron chi connectivity index (χ4n) is 4.95. The first kappa shape index (κ1) is 20.8. The minimum Gasteiger partial charge on any atom is -0.356 e. The van der Waals surface area contributed by atoms with E-state index in [4.69, 9.17) is 0 Å². The van der Waals surface area contributed by atoms with Gasteiger partial charge in [-0.2, -0.15) is 0 Å². The van der Waals surface area contributed by atoms with Crippen LogP contribution >= 0.6 is 0 Å². The molecule has 7 heteroatoms. The first-order valence-corrected chi connectivity index (χ1v) is 11.3. The summed E-state index contributed by atoms with van der Waals surface area (Å²) in [5.41, 5.74) is 2.13. The Kier molecular flexibility index (Phi) is 6.37. The van der Waals surface area contributed by atoms with E-state index in [0.717, 1.165) is 51.7 Å². The van der Waals surface area contributed by atoms with Gasteiger partial charge in [0.2, 0.25) is 5.91 Å². The van der Waals surface area contributed by atoms with Crippen molar-refractivity contribution >= 4 is 17.8 Å². The van der Waals surface area contributed by atoms with Crippen LogP contribution < -0.4 is 10.6 Å². The number of rotatable bonds is 7. The maximum absolute atomic E-state index is 12.7. The molecule has 2 fully saturated rings. The lowest BCUT2D eigenvalue weighted by Gasteiger charge is -2.30. The van der Waals surface area contributed by atoms with Gasteiger partial charge in [0.15, 0.2) is 0 Å². The fourth-order valence-corrected chi connectivity index (χ4v) is 4.95. The Balaban J connectivity index is 1.15. The lowest BCUT2D eigenvalue weighted by atomic mass is 9.82. The predicted octanol–water partition coefficient (Wildman–Crippen LogP) is 2.20. The van der Waals surface area contributed by atoms with Crippen molar-refractivity contribution in [2.75, 3.05) is 26.2 Å². The lowest BCUT2D eigenvalue weighted by molar-refractivity contribution is -0.132. The van der Waals surface area contributed by atoms with Gasteiger partial charge in [0, 0.05) is 39.1 Å². The Morgan fingerprint density at radius 1 is 1.07 bits per heavy atom. The molecular formula is C23H32N4O3. The van der Waals surface area contributed by atoms with Crippen molar-refractivity contribution in [2.24, 2.45) is 0 Å². The molecule has 1 spiro atoms. The van der Waals surface area contributed by atoms with E-state index in [9.17, 15) is 14.4 Å². The highest BCUT2D eigenvalue weighted by atomic mass is 16.2. The Bertz CT molecular complexity index is 803. The highest BCUT2D eigenvalue weighted by Crippen LogP contribution is 2.33. The van der Waals surface area contributed by atoms with Gasteiger partial charge in [-0.15, -0.1) is 0 Å². The van der Waals surface area contributed by atoms with Crippen LogP contribution in [-0.2, 0) is 22.6 Å². The maximum atomic E-state index is 12.7. The van der Waals surface area contributed by atoms with Crippen LogP contribution in [0, 0.1) is 0 Å². The van der Waals surface area contributed by atoms with E-state index in [1.807, 2.05) is 0 Å². The minimum absolute atomic E-state index is 0.107. The number of amides is 4. The number of fused-ring (bicyclic) bond motifs is 1. The van der Waals surface area contributed by atoms with Crippen molar-refractivity contribution in [3.8, 4) is 0 Å². The molecule has 2 aliphatic heterocycles. The van der Waals surface area contributed by atoms with Gasteiger partial charge in [0.1, 0.15) is 5.54 Å². The van der Waals surface area contributed by atoms with Crippen LogP contribution in [0.4, 0.5) is 4.79 Å². The number of hydrogen-bond donors (Lipinski definition) is 2. The Hall–Kier alpha value is -2.41. The molecule has 1 saturated heterocycles. The van der Waals surface area contributed by atoms with Crippen molar-refractivity contribution < 1.29 is 14.4 Å². The van der Waals surface area contributed by atoms with Crippen LogP contribution in [0.3, 0.4) is 0 Å². The van der Waals surface area contributed by atoms with Crippen LogP contribution in [0.5, 0.6) is 0 Å². The number of carbonyl (C=O) groups excluding carboxylic acids is 3. The van der Waals surface area contributed by atoms with Crippen molar-refractivity contribution in [3.05, 3.63) is 35.4 Å². The molecule has 1 saturated carbocycles.